The summed E-state index contributed by atoms with van der Waals surface area (Å²) in [6.45, 7) is 1.51. The topological polar surface area (TPSA) is 42.0 Å². The molecule has 0 unspecified atom stereocenters. The van der Waals surface area contributed by atoms with Crippen molar-refractivity contribution in [3.8, 4) is 0 Å². The maximum atomic E-state index is 9.45. The normalized spacial score (nSPS) is 21.3. The lowest BCUT2D eigenvalue weighted by atomic mass is 10.2. The Morgan fingerprint density at radius 1 is 1.47 bits per heavy atom. The van der Waals surface area contributed by atoms with Crippen molar-refractivity contribution in [2.24, 2.45) is 0 Å². The summed E-state index contributed by atoms with van der Waals surface area (Å²) in [5.41, 5.74) is 1.10. The van der Waals surface area contributed by atoms with Crippen LogP contribution in [0.25, 0.3) is 0 Å². The number of hydrogen-bond acceptors (Lipinski definition) is 3. The molecule has 0 saturated carbocycles. The number of halogens is 1. The number of epoxide rings is 1. The van der Waals surface area contributed by atoms with E-state index in [0.29, 0.717) is 19.8 Å². The van der Waals surface area contributed by atoms with Crippen molar-refractivity contribution in [2.45, 2.75) is 18.8 Å². The van der Waals surface area contributed by atoms with Crippen LogP contribution in [0.3, 0.4) is 0 Å². The monoisotopic (exact) mass is 272 g/mol. The molecule has 2 rings (SSSR count). The van der Waals surface area contributed by atoms with Gasteiger partial charge >= 0.3 is 0 Å². The molecule has 0 radical (unpaired) electrons. The van der Waals surface area contributed by atoms with E-state index in [1.165, 1.54) is 0 Å². The predicted molar refractivity (Wildman–Crippen MR) is 59.5 cm³/mol. The zero-order valence-electron chi connectivity index (χ0n) is 8.23. The van der Waals surface area contributed by atoms with Crippen molar-refractivity contribution >= 4 is 15.9 Å². The van der Waals surface area contributed by atoms with E-state index >= 15 is 0 Å². The van der Waals surface area contributed by atoms with Gasteiger partial charge in [-0.05, 0) is 17.7 Å². The third kappa shape index (κ3) is 3.57. The van der Waals surface area contributed by atoms with Gasteiger partial charge in [0.2, 0.25) is 0 Å². The number of aliphatic hydroxyl groups excluding tert-OH is 1. The molecule has 1 heterocycles. The summed E-state index contributed by atoms with van der Waals surface area (Å²) >= 11 is 3.37. The molecule has 1 aliphatic heterocycles. The van der Waals surface area contributed by atoms with Gasteiger partial charge in [-0.15, -0.1) is 0 Å². The van der Waals surface area contributed by atoms with Crippen LogP contribution in [-0.2, 0) is 16.1 Å². The first-order chi connectivity index (χ1) is 7.25. The molecule has 1 saturated heterocycles. The maximum Gasteiger partial charge on any atom is 0.109 e. The summed E-state index contributed by atoms with van der Waals surface area (Å²) in [6, 6.07) is 7.92. The van der Waals surface area contributed by atoms with E-state index in [1.807, 2.05) is 24.3 Å². The van der Waals surface area contributed by atoms with Gasteiger partial charge < -0.3 is 14.6 Å². The summed E-state index contributed by atoms with van der Waals surface area (Å²) in [6.07, 6.45) is -0.490. The largest absolute Gasteiger partial charge is 0.388 e. The van der Waals surface area contributed by atoms with Gasteiger partial charge in [-0.1, -0.05) is 28.1 Å². The van der Waals surface area contributed by atoms with Crippen LogP contribution in [0.4, 0.5) is 0 Å². The van der Waals surface area contributed by atoms with Crippen LogP contribution < -0.4 is 0 Å². The van der Waals surface area contributed by atoms with Crippen LogP contribution in [0.1, 0.15) is 5.56 Å². The van der Waals surface area contributed by atoms with E-state index in [9.17, 15) is 5.11 Å². The minimum Gasteiger partial charge on any atom is -0.388 e. The standard InChI is InChI=1S/C11H13BrO3/c12-9-3-1-8(2-4-9)5-14-6-10(13)11-7-15-11/h1-4,10-11,13H,5-7H2/t10-,11-/m1/s1. The third-order valence-electron chi connectivity index (χ3n) is 2.26. The predicted octanol–water partition coefficient (Wildman–Crippen LogP) is 1.73. The van der Waals surface area contributed by atoms with Crippen LogP contribution in [0.5, 0.6) is 0 Å². The Kier molecular flexibility index (Phi) is 3.75. The van der Waals surface area contributed by atoms with Crippen LogP contribution in [0.2, 0.25) is 0 Å². The molecule has 0 bridgehead atoms. The average Bonchev–Trinajstić information content (AvgIpc) is 3.04. The molecule has 1 aromatic rings. The highest BCUT2D eigenvalue weighted by atomic mass is 79.9. The zero-order chi connectivity index (χ0) is 10.7. The lowest BCUT2D eigenvalue weighted by Gasteiger charge is -2.08. The first-order valence-electron chi connectivity index (χ1n) is 4.87. The molecule has 3 nitrogen and oxygen atoms in total. The van der Waals surface area contributed by atoms with E-state index in [1.54, 1.807) is 0 Å². The molecular weight excluding hydrogens is 260 g/mol. The van der Waals surface area contributed by atoms with Crippen LogP contribution in [0, 0.1) is 0 Å². The molecule has 1 aromatic carbocycles. The number of aliphatic hydroxyl groups is 1. The van der Waals surface area contributed by atoms with Crippen molar-refractivity contribution in [3.63, 3.8) is 0 Å². The number of ether oxygens (including phenoxy) is 2. The van der Waals surface area contributed by atoms with Crippen molar-refractivity contribution in [2.75, 3.05) is 13.2 Å². The smallest absolute Gasteiger partial charge is 0.109 e. The quantitative estimate of drug-likeness (QED) is 0.831. The maximum absolute atomic E-state index is 9.45. The summed E-state index contributed by atoms with van der Waals surface area (Å²) in [5.74, 6) is 0. The van der Waals surface area contributed by atoms with Crippen molar-refractivity contribution < 1.29 is 14.6 Å². The van der Waals surface area contributed by atoms with Gasteiger partial charge in [-0.3, -0.25) is 0 Å². The van der Waals surface area contributed by atoms with E-state index in [-0.39, 0.29) is 6.10 Å². The van der Waals surface area contributed by atoms with Crippen molar-refractivity contribution in [1.82, 2.24) is 0 Å². The summed E-state index contributed by atoms with van der Waals surface area (Å²) in [7, 11) is 0. The van der Waals surface area contributed by atoms with Crippen molar-refractivity contribution in [1.29, 1.82) is 0 Å². The first kappa shape index (κ1) is 11.1. The van der Waals surface area contributed by atoms with Gasteiger partial charge in [0, 0.05) is 4.47 Å². The van der Waals surface area contributed by atoms with E-state index in [2.05, 4.69) is 15.9 Å². The second kappa shape index (κ2) is 5.07. The van der Waals surface area contributed by atoms with Gasteiger partial charge in [-0.2, -0.15) is 0 Å². The minimum atomic E-state index is -0.486. The molecule has 82 valence electrons. The SMILES string of the molecule is O[C@H](COCc1ccc(Br)cc1)[C@H]1CO1. The Balaban J connectivity index is 1.70. The molecule has 2 atom stereocenters. The lowest BCUT2D eigenvalue weighted by Crippen LogP contribution is -2.21. The molecule has 1 N–H and O–H groups in total. The fraction of sp³-hybridized carbons (Fsp3) is 0.455. The second-order valence-corrected chi connectivity index (χ2v) is 4.50. The molecule has 0 aliphatic carbocycles. The zero-order valence-corrected chi connectivity index (χ0v) is 9.81. The summed E-state index contributed by atoms with van der Waals surface area (Å²) in [4.78, 5) is 0. The number of rotatable bonds is 5. The highest BCUT2D eigenvalue weighted by Crippen LogP contribution is 2.15. The minimum absolute atomic E-state index is 0.00471. The fourth-order valence-electron chi connectivity index (χ4n) is 1.26. The summed E-state index contributed by atoms with van der Waals surface area (Å²) in [5, 5.41) is 9.45. The molecule has 0 amide bonds. The molecule has 0 spiro atoms. The van der Waals surface area contributed by atoms with Gasteiger partial charge in [0.05, 0.1) is 19.8 Å². The Hall–Kier alpha value is -0.420. The van der Waals surface area contributed by atoms with Gasteiger partial charge in [0.25, 0.3) is 0 Å². The lowest BCUT2D eigenvalue weighted by molar-refractivity contribution is 0.0148. The molecular formula is C11H13BrO3. The molecule has 1 fully saturated rings. The Labute approximate surface area is 97.1 Å². The van der Waals surface area contributed by atoms with E-state index < -0.39 is 6.10 Å². The van der Waals surface area contributed by atoms with Gasteiger partial charge in [-0.25, -0.2) is 0 Å². The Bertz CT molecular complexity index is 308. The molecule has 0 aromatic heterocycles. The summed E-state index contributed by atoms with van der Waals surface area (Å²) < 4.78 is 11.4. The Morgan fingerprint density at radius 2 is 2.13 bits per heavy atom. The molecule has 15 heavy (non-hydrogen) atoms. The Morgan fingerprint density at radius 3 is 2.73 bits per heavy atom. The number of benzene rings is 1. The van der Waals surface area contributed by atoms with Crippen molar-refractivity contribution in [3.05, 3.63) is 34.3 Å². The first-order valence-corrected chi connectivity index (χ1v) is 5.67. The molecule has 1 aliphatic rings. The highest BCUT2D eigenvalue weighted by Gasteiger charge is 2.31. The number of hydrogen-bond donors (Lipinski definition) is 1. The van der Waals surface area contributed by atoms with E-state index in [4.69, 9.17) is 9.47 Å². The van der Waals surface area contributed by atoms with Crippen LogP contribution >= 0.6 is 15.9 Å². The fourth-order valence-corrected chi connectivity index (χ4v) is 1.53. The molecule has 4 heteroatoms. The van der Waals surface area contributed by atoms with Crippen LogP contribution in [0.15, 0.2) is 28.7 Å². The second-order valence-electron chi connectivity index (χ2n) is 3.58. The van der Waals surface area contributed by atoms with Crippen LogP contribution in [-0.4, -0.2) is 30.5 Å². The highest BCUT2D eigenvalue weighted by molar-refractivity contribution is 9.10. The third-order valence-corrected chi connectivity index (χ3v) is 2.79. The van der Waals surface area contributed by atoms with Gasteiger partial charge in [0.1, 0.15) is 12.2 Å². The van der Waals surface area contributed by atoms with Gasteiger partial charge in [0.15, 0.2) is 0 Å². The van der Waals surface area contributed by atoms with E-state index in [0.717, 1.165) is 10.0 Å². The average molecular weight is 273 g/mol.